The fourth-order valence-electron chi connectivity index (χ4n) is 7.20. The van der Waals surface area contributed by atoms with Gasteiger partial charge in [-0.15, -0.1) is 0 Å². The van der Waals surface area contributed by atoms with Crippen LogP contribution in [0.1, 0.15) is 57.2 Å². The Kier molecular flexibility index (Phi) is 11.8. The Bertz CT molecular complexity index is 1980. The monoisotopic (exact) mass is 833 g/mol. The number of ether oxygens (including phenoxy) is 2. The Labute approximate surface area is 324 Å². The van der Waals surface area contributed by atoms with Crippen molar-refractivity contribution in [3.63, 3.8) is 0 Å². The molecule has 0 saturated carbocycles. The predicted octanol–water partition coefficient (Wildman–Crippen LogP) is 6.38. The van der Waals surface area contributed by atoms with Gasteiger partial charge in [-0.05, 0) is 87.7 Å². The van der Waals surface area contributed by atoms with Crippen molar-refractivity contribution in [2.75, 3.05) is 20.2 Å². The third-order valence-corrected chi connectivity index (χ3v) is 10.9. The summed E-state index contributed by atoms with van der Waals surface area (Å²) in [4.78, 5) is 59.9. The maximum atomic E-state index is 14.4. The van der Waals surface area contributed by atoms with Gasteiger partial charge < -0.3 is 19.8 Å². The average molecular weight is 834 g/mol. The van der Waals surface area contributed by atoms with Crippen LogP contribution < -0.4 is 10.7 Å². The third-order valence-electron chi connectivity index (χ3n) is 9.98. The van der Waals surface area contributed by atoms with Gasteiger partial charge >= 0.3 is 12.1 Å². The summed E-state index contributed by atoms with van der Waals surface area (Å²) in [7, 11) is 1.53. The first-order valence-electron chi connectivity index (χ1n) is 18.2. The van der Waals surface area contributed by atoms with Crippen LogP contribution in [-0.2, 0) is 43.3 Å². The molecule has 280 valence electrons. The molecule has 0 radical (unpaired) electrons. The van der Waals surface area contributed by atoms with Crippen LogP contribution in [0, 0.1) is 15.0 Å². The van der Waals surface area contributed by atoms with Crippen LogP contribution in [0.25, 0.3) is 22.0 Å². The van der Waals surface area contributed by atoms with Crippen LogP contribution >= 0.6 is 22.6 Å². The number of likely N-dealkylation sites (N-methyl/N-ethyl adjacent to an activating group) is 1. The van der Waals surface area contributed by atoms with E-state index in [0.717, 1.165) is 36.9 Å². The Morgan fingerprint density at radius 1 is 1.06 bits per heavy atom. The first-order valence-corrected chi connectivity index (χ1v) is 19.2. The molecule has 2 aliphatic heterocycles. The Morgan fingerprint density at radius 3 is 2.57 bits per heavy atom. The van der Waals surface area contributed by atoms with Crippen LogP contribution in [-0.4, -0.2) is 77.1 Å². The molecule has 11 nitrogen and oxygen atoms in total. The smallest absolute Gasteiger partial charge is 0.410 e. The number of aromatic nitrogens is 1. The molecule has 1 saturated heterocycles. The summed E-state index contributed by atoms with van der Waals surface area (Å²) >= 11 is 2.34. The lowest BCUT2D eigenvalue weighted by atomic mass is 9.86. The minimum atomic E-state index is -1.01. The molecule has 2 aliphatic rings. The molecule has 53 heavy (non-hydrogen) atoms. The molecule has 1 aromatic heterocycles. The van der Waals surface area contributed by atoms with Crippen molar-refractivity contribution in [2.24, 2.45) is 11.3 Å². The van der Waals surface area contributed by atoms with Crippen molar-refractivity contribution in [3.8, 4) is 11.1 Å². The SMILES string of the molecule is CC(C)[C@@H](C(=O)N[C@H]1Cc2cccc(c2)-c2ccc3[nH]c(I)c(c3c2)CC(C)(C)COC(=O)[C@@H]2CCCN(N2)C1=O)N(C)C(=O)OCc1ccccc1. The highest BCUT2D eigenvalue weighted by Gasteiger charge is 2.37. The second kappa shape index (κ2) is 16.3. The quantitative estimate of drug-likeness (QED) is 0.152. The maximum absolute atomic E-state index is 14.4. The zero-order chi connectivity index (χ0) is 37.9. The number of carbonyl (C=O) groups is 4. The van der Waals surface area contributed by atoms with Crippen molar-refractivity contribution in [1.82, 2.24) is 25.6 Å². The zero-order valence-electron chi connectivity index (χ0n) is 30.9. The molecular weight excluding hydrogens is 785 g/mol. The van der Waals surface area contributed by atoms with E-state index in [4.69, 9.17) is 9.47 Å². The first-order chi connectivity index (χ1) is 25.3. The number of nitrogens with one attached hydrogen (secondary N) is 3. The number of aromatic amines is 1. The van der Waals surface area contributed by atoms with E-state index in [-0.39, 0.29) is 36.9 Å². The molecule has 6 bridgehead atoms. The molecule has 3 amide bonds. The second-order valence-electron chi connectivity index (χ2n) is 15.2. The van der Waals surface area contributed by atoms with Gasteiger partial charge in [0.2, 0.25) is 5.91 Å². The molecule has 3 aromatic carbocycles. The van der Waals surface area contributed by atoms with Crippen molar-refractivity contribution < 1.29 is 28.7 Å². The number of hydrogen-bond acceptors (Lipinski definition) is 7. The first kappa shape index (κ1) is 38.3. The minimum absolute atomic E-state index is 0.0627. The number of hydrogen-bond donors (Lipinski definition) is 3. The van der Waals surface area contributed by atoms with E-state index in [1.807, 2.05) is 62.4 Å². The van der Waals surface area contributed by atoms with Gasteiger partial charge in [-0.3, -0.25) is 24.3 Å². The fraction of sp³-hybridized carbons (Fsp3) is 0.415. The number of cyclic esters (lactones) is 1. The number of halogens is 1. The van der Waals surface area contributed by atoms with Gasteiger partial charge in [0.15, 0.2) is 0 Å². The molecule has 1 fully saturated rings. The molecule has 0 unspecified atom stereocenters. The van der Waals surface area contributed by atoms with E-state index < -0.39 is 36.1 Å². The van der Waals surface area contributed by atoms with Gasteiger partial charge in [0.05, 0.1) is 10.3 Å². The lowest BCUT2D eigenvalue weighted by Crippen LogP contribution is -2.62. The molecular formula is C41H48IN5O6. The minimum Gasteiger partial charge on any atom is -0.464 e. The van der Waals surface area contributed by atoms with Crippen LogP contribution in [0.5, 0.6) is 0 Å². The van der Waals surface area contributed by atoms with Gasteiger partial charge in [-0.1, -0.05) is 88.4 Å². The summed E-state index contributed by atoms with van der Waals surface area (Å²) in [5.74, 6) is -1.58. The van der Waals surface area contributed by atoms with E-state index in [2.05, 4.69) is 76.4 Å². The van der Waals surface area contributed by atoms with Crippen molar-refractivity contribution in [3.05, 3.63) is 93.2 Å². The predicted molar refractivity (Wildman–Crippen MR) is 211 cm³/mol. The van der Waals surface area contributed by atoms with Crippen LogP contribution in [0.15, 0.2) is 72.8 Å². The van der Waals surface area contributed by atoms with E-state index in [9.17, 15) is 19.2 Å². The molecule has 12 heteroatoms. The maximum Gasteiger partial charge on any atom is 0.410 e. The average Bonchev–Trinajstić information content (AvgIpc) is 3.45. The largest absolute Gasteiger partial charge is 0.464 e. The van der Waals surface area contributed by atoms with Gasteiger partial charge in [-0.25, -0.2) is 10.2 Å². The lowest BCUT2D eigenvalue weighted by Gasteiger charge is -2.36. The highest BCUT2D eigenvalue weighted by molar-refractivity contribution is 14.1. The summed E-state index contributed by atoms with van der Waals surface area (Å²) in [5, 5.41) is 5.53. The number of fused-ring (bicyclic) bond motifs is 6. The van der Waals surface area contributed by atoms with Gasteiger partial charge in [0.1, 0.15) is 24.7 Å². The van der Waals surface area contributed by atoms with Crippen molar-refractivity contribution in [2.45, 2.75) is 78.1 Å². The number of nitrogens with zero attached hydrogens (tertiary/aromatic N) is 2. The third kappa shape index (κ3) is 9.03. The second-order valence-corrected chi connectivity index (χ2v) is 16.3. The number of rotatable bonds is 6. The Morgan fingerprint density at radius 2 is 1.81 bits per heavy atom. The molecule has 0 spiro atoms. The highest BCUT2D eigenvalue weighted by Crippen LogP contribution is 2.34. The van der Waals surface area contributed by atoms with Crippen LogP contribution in [0.3, 0.4) is 0 Å². The van der Waals surface area contributed by atoms with Crippen LogP contribution in [0.4, 0.5) is 4.79 Å². The zero-order valence-corrected chi connectivity index (χ0v) is 33.1. The number of amides is 3. The van der Waals surface area contributed by atoms with Gasteiger partial charge in [0, 0.05) is 36.3 Å². The number of esters is 1. The summed E-state index contributed by atoms with van der Waals surface area (Å²) in [6.07, 6.45) is 1.32. The number of benzene rings is 3. The van der Waals surface area contributed by atoms with Crippen molar-refractivity contribution in [1.29, 1.82) is 0 Å². The van der Waals surface area contributed by atoms with E-state index >= 15 is 0 Å². The number of carbonyl (C=O) groups excluding carboxylic acids is 4. The Hall–Kier alpha value is -4.43. The standard InChI is InChI=1S/C41H48IN5O6/c1-25(2)35(46(5)40(51)52-23-26-11-7-6-8-12-26)37(48)44-34-20-27-13-9-14-28(19-27)29-16-17-32-30(21-29)31(36(42)43-32)22-41(3,4)24-53-39(50)33-15-10-18-47(45-33)38(34)49/h6-9,11-14,16-17,19,21,25,33-35,43,45H,10,15,18,20,22-24H2,1-5H3,(H,44,48)/t33-,34-,35-/m0/s1. The molecule has 4 aromatic rings. The van der Waals surface area contributed by atoms with E-state index in [1.165, 1.54) is 22.5 Å². The molecule has 3 heterocycles. The number of H-pyrrole nitrogens is 1. The van der Waals surface area contributed by atoms with Crippen molar-refractivity contribution >= 4 is 57.4 Å². The molecule has 3 atom stereocenters. The van der Waals surface area contributed by atoms with E-state index in [0.29, 0.717) is 25.8 Å². The summed E-state index contributed by atoms with van der Waals surface area (Å²) in [5.41, 5.74) is 8.62. The lowest BCUT2D eigenvalue weighted by molar-refractivity contribution is -0.155. The number of hydrazine groups is 1. The fourth-order valence-corrected chi connectivity index (χ4v) is 7.97. The van der Waals surface area contributed by atoms with E-state index in [1.54, 1.807) is 0 Å². The molecule has 0 aliphatic carbocycles. The highest BCUT2D eigenvalue weighted by atomic mass is 127. The molecule has 3 N–H and O–H groups in total. The topological polar surface area (TPSA) is 133 Å². The summed E-state index contributed by atoms with van der Waals surface area (Å²) < 4.78 is 12.5. The van der Waals surface area contributed by atoms with Gasteiger partial charge in [0.25, 0.3) is 5.91 Å². The normalized spacial score (nSPS) is 19.6. The summed E-state index contributed by atoms with van der Waals surface area (Å²) in [6.45, 7) is 8.49. The summed E-state index contributed by atoms with van der Waals surface area (Å²) in [6, 6.07) is 21.0. The Balaban J connectivity index is 1.32. The van der Waals surface area contributed by atoms with Crippen LogP contribution in [0.2, 0.25) is 0 Å². The molecule has 6 rings (SSSR count). The van der Waals surface area contributed by atoms with Gasteiger partial charge in [-0.2, -0.15) is 0 Å².